The van der Waals surface area contributed by atoms with Crippen molar-refractivity contribution in [3.05, 3.63) is 0 Å². The van der Waals surface area contributed by atoms with Gasteiger partial charge in [-0.05, 0) is 39.3 Å². The van der Waals surface area contributed by atoms with Gasteiger partial charge < -0.3 is 10.1 Å². The molecule has 1 atom stereocenters. The molecule has 0 aliphatic carbocycles. The Labute approximate surface area is 128 Å². The number of amides is 1. The Morgan fingerprint density at radius 2 is 1.95 bits per heavy atom. The molecule has 1 heterocycles. The standard InChI is InChI=1S/C16H30N2O3/c1-4-5-6-7-13(2)17-15(19)12-18-10-8-14(9-11-18)16(20)21-3/h13-14H,4-12H2,1-3H3,(H,17,19). The van der Waals surface area contributed by atoms with Gasteiger partial charge in [-0.25, -0.2) is 0 Å². The molecule has 0 bridgehead atoms. The van der Waals surface area contributed by atoms with Crippen LogP contribution in [0.15, 0.2) is 0 Å². The third-order valence-electron chi connectivity index (χ3n) is 4.14. The first-order chi connectivity index (χ1) is 10.1. The number of carbonyl (C=O) groups excluding carboxylic acids is 2. The fraction of sp³-hybridized carbons (Fsp3) is 0.875. The van der Waals surface area contributed by atoms with Crippen molar-refractivity contribution in [1.82, 2.24) is 10.2 Å². The minimum Gasteiger partial charge on any atom is -0.469 e. The van der Waals surface area contributed by atoms with E-state index < -0.39 is 0 Å². The molecular weight excluding hydrogens is 268 g/mol. The molecule has 1 amide bonds. The molecular formula is C16H30N2O3. The summed E-state index contributed by atoms with van der Waals surface area (Å²) in [6.07, 6.45) is 6.21. The summed E-state index contributed by atoms with van der Waals surface area (Å²) < 4.78 is 4.77. The number of hydrogen-bond donors (Lipinski definition) is 1. The minimum absolute atomic E-state index is 0.00211. The van der Waals surface area contributed by atoms with Gasteiger partial charge in [0.15, 0.2) is 0 Å². The normalized spacial score (nSPS) is 18.2. The van der Waals surface area contributed by atoms with E-state index in [0.29, 0.717) is 6.54 Å². The maximum atomic E-state index is 12.0. The second-order valence-corrected chi connectivity index (χ2v) is 6.04. The van der Waals surface area contributed by atoms with Crippen LogP contribution in [-0.2, 0) is 14.3 Å². The van der Waals surface area contributed by atoms with Crippen LogP contribution in [0.3, 0.4) is 0 Å². The van der Waals surface area contributed by atoms with Gasteiger partial charge in [-0.1, -0.05) is 26.2 Å². The number of rotatable bonds is 8. The highest BCUT2D eigenvalue weighted by Crippen LogP contribution is 2.18. The number of hydrogen-bond acceptors (Lipinski definition) is 4. The Bertz CT molecular complexity index is 325. The summed E-state index contributed by atoms with van der Waals surface area (Å²) in [5.41, 5.74) is 0. The summed E-state index contributed by atoms with van der Waals surface area (Å²) in [4.78, 5) is 25.5. The molecule has 1 saturated heterocycles. The van der Waals surface area contributed by atoms with Crippen molar-refractivity contribution >= 4 is 11.9 Å². The molecule has 0 aromatic heterocycles. The highest BCUT2D eigenvalue weighted by molar-refractivity contribution is 5.78. The maximum Gasteiger partial charge on any atom is 0.308 e. The first kappa shape index (κ1) is 18.0. The fourth-order valence-electron chi connectivity index (χ4n) is 2.79. The van der Waals surface area contributed by atoms with Gasteiger partial charge in [-0.2, -0.15) is 0 Å². The van der Waals surface area contributed by atoms with E-state index in [0.717, 1.165) is 32.4 Å². The topological polar surface area (TPSA) is 58.6 Å². The van der Waals surface area contributed by atoms with E-state index in [-0.39, 0.29) is 23.8 Å². The molecule has 0 aromatic carbocycles. The van der Waals surface area contributed by atoms with Crippen LogP contribution in [0.25, 0.3) is 0 Å². The van der Waals surface area contributed by atoms with Gasteiger partial charge in [0.05, 0.1) is 19.6 Å². The second kappa shape index (κ2) is 9.77. The lowest BCUT2D eigenvalue weighted by molar-refractivity contribution is -0.147. The van der Waals surface area contributed by atoms with Crippen molar-refractivity contribution in [2.75, 3.05) is 26.7 Å². The van der Waals surface area contributed by atoms with Gasteiger partial charge in [0.2, 0.25) is 5.91 Å². The van der Waals surface area contributed by atoms with E-state index in [1.165, 1.54) is 26.4 Å². The second-order valence-electron chi connectivity index (χ2n) is 6.04. The Morgan fingerprint density at radius 3 is 2.52 bits per heavy atom. The smallest absolute Gasteiger partial charge is 0.308 e. The molecule has 1 aliphatic heterocycles. The van der Waals surface area contributed by atoms with E-state index in [1.807, 2.05) is 0 Å². The highest BCUT2D eigenvalue weighted by Gasteiger charge is 2.26. The molecule has 1 N–H and O–H groups in total. The Morgan fingerprint density at radius 1 is 1.29 bits per heavy atom. The number of esters is 1. The molecule has 0 spiro atoms. The third-order valence-corrected chi connectivity index (χ3v) is 4.14. The zero-order chi connectivity index (χ0) is 15.7. The van der Waals surface area contributed by atoms with Gasteiger partial charge in [0.1, 0.15) is 0 Å². The number of methoxy groups -OCH3 is 1. The van der Waals surface area contributed by atoms with Crippen molar-refractivity contribution < 1.29 is 14.3 Å². The van der Waals surface area contributed by atoms with Crippen LogP contribution in [0, 0.1) is 5.92 Å². The van der Waals surface area contributed by atoms with Crippen LogP contribution in [0.4, 0.5) is 0 Å². The average molecular weight is 298 g/mol. The van der Waals surface area contributed by atoms with Gasteiger partial charge in [0, 0.05) is 6.04 Å². The van der Waals surface area contributed by atoms with E-state index in [1.54, 1.807) is 0 Å². The fourth-order valence-corrected chi connectivity index (χ4v) is 2.79. The van der Waals surface area contributed by atoms with Crippen molar-refractivity contribution in [3.63, 3.8) is 0 Å². The Hall–Kier alpha value is -1.10. The molecule has 122 valence electrons. The van der Waals surface area contributed by atoms with Crippen molar-refractivity contribution in [2.24, 2.45) is 5.92 Å². The lowest BCUT2D eigenvalue weighted by Gasteiger charge is -2.30. The molecule has 1 fully saturated rings. The molecule has 0 aromatic rings. The summed E-state index contributed by atoms with van der Waals surface area (Å²) in [6.45, 7) is 6.26. The first-order valence-corrected chi connectivity index (χ1v) is 8.16. The van der Waals surface area contributed by atoms with Gasteiger partial charge in [0.25, 0.3) is 0 Å². The van der Waals surface area contributed by atoms with Crippen molar-refractivity contribution in [1.29, 1.82) is 0 Å². The lowest BCUT2D eigenvalue weighted by atomic mass is 9.97. The Kier molecular flexibility index (Phi) is 8.35. The molecule has 21 heavy (non-hydrogen) atoms. The molecule has 0 saturated carbocycles. The quantitative estimate of drug-likeness (QED) is 0.550. The summed E-state index contributed by atoms with van der Waals surface area (Å²) in [7, 11) is 1.43. The summed E-state index contributed by atoms with van der Waals surface area (Å²) in [5.74, 6) is -0.0264. The zero-order valence-corrected chi connectivity index (χ0v) is 13.7. The maximum absolute atomic E-state index is 12.0. The molecule has 1 aliphatic rings. The third kappa shape index (κ3) is 6.93. The van der Waals surface area contributed by atoms with E-state index >= 15 is 0 Å². The molecule has 1 unspecified atom stereocenters. The number of nitrogens with zero attached hydrogens (tertiary/aromatic N) is 1. The van der Waals surface area contributed by atoms with E-state index in [9.17, 15) is 9.59 Å². The van der Waals surface area contributed by atoms with Gasteiger partial charge in [-0.3, -0.25) is 14.5 Å². The number of piperidine rings is 1. The molecule has 5 nitrogen and oxygen atoms in total. The first-order valence-electron chi connectivity index (χ1n) is 8.16. The monoisotopic (exact) mass is 298 g/mol. The van der Waals surface area contributed by atoms with E-state index in [4.69, 9.17) is 4.74 Å². The minimum atomic E-state index is -0.122. The van der Waals surface area contributed by atoms with Crippen LogP contribution >= 0.6 is 0 Å². The zero-order valence-electron chi connectivity index (χ0n) is 13.7. The average Bonchev–Trinajstić information content (AvgIpc) is 2.47. The molecule has 0 radical (unpaired) electrons. The predicted molar refractivity (Wildman–Crippen MR) is 82.9 cm³/mol. The summed E-state index contributed by atoms with van der Waals surface area (Å²) in [6, 6.07) is 0.247. The molecule has 5 heteroatoms. The highest BCUT2D eigenvalue weighted by atomic mass is 16.5. The molecule has 1 rings (SSSR count). The van der Waals surface area contributed by atoms with Crippen LogP contribution in [0.2, 0.25) is 0 Å². The van der Waals surface area contributed by atoms with Crippen LogP contribution in [-0.4, -0.2) is 49.6 Å². The van der Waals surface area contributed by atoms with E-state index in [2.05, 4.69) is 24.1 Å². The number of ether oxygens (including phenoxy) is 1. The van der Waals surface area contributed by atoms with Crippen LogP contribution < -0.4 is 5.32 Å². The van der Waals surface area contributed by atoms with Gasteiger partial charge in [-0.15, -0.1) is 0 Å². The summed E-state index contributed by atoms with van der Waals surface area (Å²) in [5, 5.41) is 3.06. The lowest BCUT2D eigenvalue weighted by Crippen LogP contribution is -2.44. The number of unbranched alkanes of at least 4 members (excludes halogenated alkanes) is 2. The predicted octanol–water partition coefficient (Wildman–Crippen LogP) is 1.96. The van der Waals surface area contributed by atoms with Crippen molar-refractivity contribution in [3.8, 4) is 0 Å². The number of nitrogens with one attached hydrogen (secondary N) is 1. The Balaban J connectivity index is 2.19. The number of carbonyl (C=O) groups is 2. The van der Waals surface area contributed by atoms with Crippen LogP contribution in [0.1, 0.15) is 52.4 Å². The van der Waals surface area contributed by atoms with Crippen LogP contribution in [0.5, 0.6) is 0 Å². The van der Waals surface area contributed by atoms with Gasteiger partial charge >= 0.3 is 5.97 Å². The SMILES string of the molecule is CCCCCC(C)NC(=O)CN1CCC(C(=O)OC)CC1. The van der Waals surface area contributed by atoms with Crippen molar-refractivity contribution in [2.45, 2.75) is 58.4 Å². The summed E-state index contributed by atoms with van der Waals surface area (Å²) >= 11 is 0. The number of likely N-dealkylation sites (tertiary alicyclic amines) is 1. The largest absolute Gasteiger partial charge is 0.469 e.